The smallest absolute Gasteiger partial charge is 0.306 e. The van der Waals surface area contributed by atoms with Gasteiger partial charge < -0.3 is 14.2 Å². The molecule has 0 heterocycles. The predicted octanol–water partition coefficient (Wildman–Crippen LogP) is 16.7. The summed E-state index contributed by atoms with van der Waals surface area (Å²) in [5.74, 6) is -0.464. The molecule has 5 nitrogen and oxygen atoms in total. The van der Waals surface area contributed by atoms with Gasteiger partial charge in [-0.1, -0.05) is 182 Å². The van der Waals surface area contributed by atoms with E-state index in [9.17, 15) is 9.59 Å². The molecule has 0 bridgehead atoms. The van der Waals surface area contributed by atoms with Crippen LogP contribution in [-0.2, 0) is 23.8 Å². The van der Waals surface area contributed by atoms with E-state index in [4.69, 9.17) is 14.2 Å². The Hall–Kier alpha value is -3.18. The van der Waals surface area contributed by atoms with Gasteiger partial charge >= 0.3 is 11.9 Å². The van der Waals surface area contributed by atoms with Gasteiger partial charge in [-0.15, -0.1) is 0 Å². The third kappa shape index (κ3) is 47.5. The first kappa shape index (κ1) is 56.8. The maximum Gasteiger partial charge on any atom is 0.306 e. The number of hydrogen-bond acceptors (Lipinski definition) is 5. The molecule has 0 aliphatic rings. The molecular weight excluding hydrogens is 741 g/mol. The van der Waals surface area contributed by atoms with Gasteiger partial charge in [0.15, 0.2) is 6.10 Å². The zero-order chi connectivity index (χ0) is 43.5. The highest BCUT2D eigenvalue weighted by Gasteiger charge is 2.17. The molecule has 0 aromatic rings. The van der Waals surface area contributed by atoms with Gasteiger partial charge in [-0.05, 0) is 116 Å². The zero-order valence-corrected chi connectivity index (χ0v) is 39.2. The Kier molecular flexibility index (Phi) is 47.5. The highest BCUT2D eigenvalue weighted by atomic mass is 16.6. The van der Waals surface area contributed by atoms with E-state index >= 15 is 0 Å². The molecule has 0 aromatic heterocycles. The van der Waals surface area contributed by atoms with Gasteiger partial charge in [0.2, 0.25) is 0 Å². The minimum absolute atomic E-state index is 0.0512. The second-order valence-corrected chi connectivity index (χ2v) is 15.9. The van der Waals surface area contributed by atoms with Crippen molar-refractivity contribution in [1.82, 2.24) is 0 Å². The van der Waals surface area contributed by atoms with Crippen LogP contribution < -0.4 is 0 Å². The number of esters is 2. The van der Waals surface area contributed by atoms with Crippen LogP contribution in [0.25, 0.3) is 0 Å². The third-order valence-electron chi connectivity index (χ3n) is 10.1. The minimum Gasteiger partial charge on any atom is -0.462 e. The van der Waals surface area contributed by atoms with Gasteiger partial charge in [-0.3, -0.25) is 9.59 Å². The first-order valence-corrected chi connectivity index (χ1v) is 24.8. The number of allylic oxidation sites excluding steroid dienone is 16. The maximum atomic E-state index is 12.8. The van der Waals surface area contributed by atoms with Crippen LogP contribution in [-0.4, -0.2) is 37.9 Å². The van der Waals surface area contributed by atoms with E-state index in [0.717, 1.165) is 122 Å². The molecule has 0 spiro atoms. The standard InChI is InChI=1S/C55H92O5/c1-4-7-10-13-16-19-22-25-27-29-32-35-38-41-44-47-50-58-51-53(60-55(57)49-46-43-40-37-34-30-24-21-18-15-12-9-6-3)52-59-54(56)48-45-42-39-36-33-31-28-26-23-20-17-14-11-8-5-2/h7,9-10,12,16,18-19,21,25-28,30,32,34-35,53H,4-6,8,11,13-15,17,20,22-24,29,31,33,36-52H2,1-3H3/b10-7-,12-9-,19-16-,21-18-,27-25-,28-26-,34-30-,35-32-. The maximum absolute atomic E-state index is 12.8. The molecule has 0 radical (unpaired) electrons. The van der Waals surface area contributed by atoms with Gasteiger partial charge in [-0.2, -0.15) is 0 Å². The molecule has 0 aromatic carbocycles. The minimum atomic E-state index is -0.576. The summed E-state index contributed by atoms with van der Waals surface area (Å²) in [4.78, 5) is 25.3. The monoisotopic (exact) mass is 833 g/mol. The molecule has 0 aliphatic carbocycles. The van der Waals surface area contributed by atoms with Gasteiger partial charge in [0, 0.05) is 19.4 Å². The summed E-state index contributed by atoms with van der Waals surface area (Å²) in [6.45, 7) is 7.47. The van der Waals surface area contributed by atoms with Crippen molar-refractivity contribution in [2.75, 3.05) is 19.8 Å². The van der Waals surface area contributed by atoms with Crippen LogP contribution in [0, 0.1) is 0 Å². The Labute approximate surface area is 371 Å². The van der Waals surface area contributed by atoms with Crippen LogP contribution in [0.4, 0.5) is 0 Å². The lowest BCUT2D eigenvalue weighted by Gasteiger charge is -2.18. The van der Waals surface area contributed by atoms with Crippen LogP contribution in [0.2, 0.25) is 0 Å². The SMILES string of the molecule is CC/C=C\C/C=C\C/C=C\C/C=C\CCCCCOCC(COC(=O)CCCCCCC/C=C\CCCCCCCC)OC(=O)CCCCC/C=C\C/C=C\C/C=C\CC. The van der Waals surface area contributed by atoms with Crippen molar-refractivity contribution in [2.24, 2.45) is 0 Å². The summed E-state index contributed by atoms with van der Waals surface area (Å²) in [6, 6.07) is 0. The average Bonchev–Trinajstić information content (AvgIpc) is 3.25. The largest absolute Gasteiger partial charge is 0.462 e. The number of rotatable bonds is 44. The molecular formula is C55H92O5. The van der Waals surface area contributed by atoms with Gasteiger partial charge in [0.25, 0.3) is 0 Å². The average molecular weight is 833 g/mol. The van der Waals surface area contributed by atoms with Crippen molar-refractivity contribution in [3.8, 4) is 0 Å². The Balaban J connectivity index is 4.39. The topological polar surface area (TPSA) is 61.8 Å². The van der Waals surface area contributed by atoms with E-state index in [1.165, 1.54) is 57.8 Å². The van der Waals surface area contributed by atoms with Crippen molar-refractivity contribution in [1.29, 1.82) is 0 Å². The number of carbonyl (C=O) groups is 2. The van der Waals surface area contributed by atoms with E-state index in [1.807, 2.05) is 0 Å². The molecule has 342 valence electrons. The normalized spacial score (nSPS) is 13.1. The molecule has 1 unspecified atom stereocenters. The molecule has 0 rings (SSSR count). The number of ether oxygens (including phenoxy) is 3. The molecule has 0 N–H and O–H groups in total. The summed E-state index contributed by atoms with van der Waals surface area (Å²) in [6.07, 6.45) is 67.0. The Bertz CT molecular complexity index is 1170. The van der Waals surface area contributed by atoms with Crippen LogP contribution in [0.15, 0.2) is 97.2 Å². The van der Waals surface area contributed by atoms with E-state index in [-0.39, 0.29) is 25.2 Å². The highest BCUT2D eigenvalue weighted by molar-refractivity contribution is 5.70. The van der Waals surface area contributed by atoms with Crippen molar-refractivity contribution < 1.29 is 23.8 Å². The summed E-state index contributed by atoms with van der Waals surface area (Å²) in [5, 5.41) is 0. The number of unbranched alkanes of at least 4 members (excludes halogenated alkanes) is 17. The lowest BCUT2D eigenvalue weighted by molar-refractivity contribution is -0.163. The molecule has 5 heteroatoms. The quantitative estimate of drug-likeness (QED) is 0.0348. The molecule has 0 fully saturated rings. The van der Waals surface area contributed by atoms with Crippen LogP contribution in [0.1, 0.15) is 213 Å². The van der Waals surface area contributed by atoms with Crippen LogP contribution in [0.5, 0.6) is 0 Å². The fourth-order valence-electron chi connectivity index (χ4n) is 6.45. The van der Waals surface area contributed by atoms with Crippen molar-refractivity contribution in [3.05, 3.63) is 97.2 Å². The van der Waals surface area contributed by atoms with Crippen LogP contribution >= 0.6 is 0 Å². The van der Waals surface area contributed by atoms with Crippen LogP contribution in [0.3, 0.4) is 0 Å². The summed E-state index contributed by atoms with van der Waals surface area (Å²) in [7, 11) is 0. The Morgan fingerprint density at radius 2 is 0.750 bits per heavy atom. The van der Waals surface area contributed by atoms with Crippen molar-refractivity contribution >= 4 is 11.9 Å². The molecule has 0 saturated heterocycles. The number of hydrogen-bond donors (Lipinski definition) is 0. The first-order chi connectivity index (χ1) is 29.6. The van der Waals surface area contributed by atoms with E-state index in [0.29, 0.717) is 19.4 Å². The Morgan fingerprint density at radius 1 is 0.383 bits per heavy atom. The molecule has 0 saturated carbocycles. The van der Waals surface area contributed by atoms with E-state index in [1.54, 1.807) is 0 Å². The first-order valence-electron chi connectivity index (χ1n) is 24.8. The fourth-order valence-corrected chi connectivity index (χ4v) is 6.45. The molecule has 60 heavy (non-hydrogen) atoms. The summed E-state index contributed by atoms with van der Waals surface area (Å²) in [5.41, 5.74) is 0. The highest BCUT2D eigenvalue weighted by Crippen LogP contribution is 2.12. The van der Waals surface area contributed by atoms with E-state index in [2.05, 4.69) is 118 Å². The second kappa shape index (κ2) is 50.2. The summed E-state index contributed by atoms with van der Waals surface area (Å²) < 4.78 is 17.3. The number of carbonyl (C=O) groups excluding carboxylic acids is 2. The Morgan fingerprint density at radius 3 is 1.23 bits per heavy atom. The van der Waals surface area contributed by atoms with Gasteiger partial charge in [-0.25, -0.2) is 0 Å². The third-order valence-corrected chi connectivity index (χ3v) is 10.1. The second-order valence-electron chi connectivity index (χ2n) is 15.9. The van der Waals surface area contributed by atoms with Gasteiger partial charge in [0.1, 0.15) is 6.61 Å². The molecule has 0 aliphatic heterocycles. The van der Waals surface area contributed by atoms with E-state index < -0.39 is 6.10 Å². The van der Waals surface area contributed by atoms with Crippen molar-refractivity contribution in [2.45, 2.75) is 219 Å². The molecule has 1 atom stereocenters. The lowest BCUT2D eigenvalue weighted by Crippen LogP contribution is -2.30. The van der Waals surface area contributed by atoms with Crippen molar-refractivity contribution in [3.63, 3.8) is 0 Å². The van der Waals surface area contributed by atoms with Gasteiger partial charge in [0.05, 0.1) is 6.61 Å². The fraction of sp³-hybridized carbons (Fsp3) is 0.673. The lowest BCUT2D eigenvalue weighted by atomic mass is 10.1. The summed E-state index contributed by atoms with van der Waals surface area (Å²) >= 11 is 0. The molecule has 0 amide bonds. The zero-order valence-electron chi connectivity index (χ0n) is 39.2. The predicted molar refractivity (Wildman–Crippen MR) is 260 cm³/mol.